The summed E-state index contributed by atoms with van der Waals surface area (Å²) in [6.07, 6.45) is 0.154. The molecule has 0 saturated carbocycles. The van der Waals surface area contributed by atoms with E-state index in [0.29, 0.717) is 0 Å². The largest absolute Gasteiger partial charge is 0.299 e. The van der Waals surface area contributed by atoms with Crippen molar-refractivity contribution < 1.29 is 17.8 Å². The second-order valence-electron chi connectivity index (χ2n) is 3.48. The van der Waals surface area contributed by atoms with Crippen molar-refractivity contribution in [3.63, 3.8) is 0 Å². The van der Waals surface area contributed by atoms with E-state index in [1.165, 1.54) is 6.92 Å². The monoisotopic (exact) mass is 194 g/mol. The Morgan fingerprint density at radius 1 is 1.42 bits per heavy atom. The Kier molecular flexibility index (Phi) is 3.41. The molecule has 5 heteroatoms. The van der Waals surface area contributed by atoms with Crippen molar-refractivity contribution in [2.75, 3.05) is 5.75 Å². The number of carbonyl (C=O) groups is 1. The summed E-state index contributed by atoms with van der Waals surface area (Å²) in [5.41, 5.74) is -0.671. The molecule has 0 saturated heterocycles. The first-order valence-electron chi connectivity index (χ1n) is 3.61. The van der Waals surface area contributed by atoms with Crippen LogP contribution in [0.1, 0.15) is 27.2 Å². The SMILES string of the molecule is CC(=O)C(C)(C)CCS(=O)(=O)O. The quantitative estimate of drug-likeness (QED) is 0.674. The molecule has 0 heterocycles. The van der Waals surface area contributed by atoms with Gasteiger partial charge in [0.1, 0.15) is 5.78 Å². The van der Waals surface area contributed by atoms with Crippen molar-refractivity contribution in [3.8, 4) is 0 Å². The van der Waals surface area contributed by atoms with Crippen molar-refractivity contribution in [2.45, 2.75) is 27.2 Å². The molecule has 0 aromatic carbocycles. The van der Waals surface area contributed by atoms with Crippen LogP contribution in [0.3, 0.4) is 0 Å². The number of Topliss-reactive ketones (excluding diaryl/α,β-unsaturated/α-hetero) is 1. The second kappa shape index (κ2) is 3.53. The van der Waals surface area contributed by atoms with E-state index in [1.807, 2.05) is 0 Å². The van der Waals surface area contributed by atoms with Gasteiger partial charge in [0, 0.05) is 5.41 Å². The molecule has 1 N–H and O–H groups in total. The van der Waals surface area contributed by atoms with Crippen LogP contribution in [0.15, 0.2) is 0 Å². The Morgan fingerprint density at radius 2 is 1.83 bits per heavy atom. The first-order chi connectivity index (χ1) is 5.15. The lowest BCUT2D eigenvalue weighted by Gasteiger charge is -2.19. The van der Waals surface area contributed by atoms with Gasteiger partial charge < -0.3 is 0 Å². The van der Waals surface area contributed by atoms with Crippen molar-refractivity contribution in [1.29, 1.82) is 0 Å². The van der Waals surface area contributed by atoms with Gasteiger partial charge in [-0.2, -0.15) is 8.42 Å². The minimum atomic E-state index is -3.94. The van der Waals surface area contributed by atoms with Crippen LogP contribution in [0.2, 0.25) is 0 Å². The number of rotatable bonds is 4. The number of ketones is 1. The van der Waals surface area contributed by atoms with Gasteiger partial charge in [0.15, 0.2) is 0 Å². The average molecular weight is 194 g/mol. The van der Waals surface area contributed by atoms with E-state index >= 15 is 0 Å². The first-order valence-corrected chi connectivity index (χ1v) is 5.22. The van der Waals surface area contributed by atoms with Gasteiger partial charge >= 0.3 is 0 Å². The molecule has 4 nitrogen and oxygen atoms in total. The molecular weight excluding hydrogens is 180 g/mol. The molecular formula is C7H14O4S. The standard InChI is InChI=1S/C7H14O4S/c1-6(8)7(2,3)4-5-12(9,10)11/h4-5H2,1-3H3,(H,9,10,11). The summed E-state index contributed by atoms with van der Waals surface area (Å²) in [6, 6.07) is 0. The molecule has 0 bridgehead atoms. The zero-order chi connectivity index (χ0) is 9.99. The Balaban J connectivity index is 4.20. The van der Waals surface area contributed by atoms with E-state index in [2.05, 4.69) is 0 Å². The van der Waals surface area contributed by atoms with Crippen LogP contribution in [-0.2, 0) is 14.9 Å². The molecule has 12 heavy (non-hydrogen) atoms. The van der Waals surface area contributed by atoms with Gasteiger partial charge in [-0.1, -0.05) is 13.8 Å². The molecule has 0 unspecified atom stereocenters. The van der Waals surface area contributed by atoms with Crippen LogP contribution in [0.4, 0.5) is 0 Å². The van der Waals surface area contributed by atoms with Crippen molar-refractivity contribution >= 4 is 15.9 Å². The maximum Gasteiger partial charge on any atom is 0.264 e. The van der Waals surface area contributed by atoms with Gasteiger partial charge in [-0.3, -0.25) is 9.35 Å². The van der Waals surface area contributed by atoms with E-state index < -0.39 is 15.5 Å². The van der Waals surface area contributed by atoms with Crippen molar-refractivity contribution in [2.24, 2.45) is 5.41 Å². The normalized spacial score (nSPS) is 13.0. The Hall–Kier alpha value is -0.420. The van der Waals surface area contributed by atoms with Crippen LogP contribution >= 0.6 is 0 Å². The summed E-state index contributed by atoms with van der Waals surface area (Å²) in [5.74, 6) is -0.439. The van der Waals surface area contributed by atoms with Gasteiger partial charge in [0.2, 0.25) is 0 Å². The van der Waals surface area contributed by atoms with Crippen LogP contribution in [0.5, 0.6) is 0 Å². The summed E-state index contributed by atoms with van der Waals surface area (Å²) >= 11 is 0. The maximum atomic E-state index is 10.9. The highest BCUT2D eigenvalue weighted by atomic mass is 32.2. The minimum Gasteiger partial charge on any atom is -0.299 e. The maximum absolute atomic E-state index is 10.9. The van der Waals surface area contributed by atoms with E-state index in [-0.39, 0.29) is 18.0 Å². The minimum absolute atomic E-state index is 0.0776. The zero-order valence-corrected chi connectivity index (χ0v) is 8.31. The lowest BCUT2D eigenvalue weighted by molar-refractivity contribution is -0.124. The lowest BCUT2D eigenvalue weighted by atomic mass is 9.86. The highest BCUT2D eigenvalue weighted by molar-refractivity contribution is 7.85. The molecule has 72 valence electrons. The van der Waals surface area contributed by atoms with Crippen LogP contribution in [0.25, 0.3) is 0 Å². The third-order valence-electron chi connectivity index (χ3n) is 1.94. The second-order valence-corrected chi connectivity index (χ2v) is 5.05. The summed E-state index contributed by atoms with van der Waals surface area (Å²) in [7, 11) is -3.94. The third-order valence-corrected chi connectivity index (χ3v) is 2.66. The fourth-order valence-electron chi connectivity index (χ4n) is 0.560. The summed E-state index contributed by atoms with van der Waals surface area (Å²) in [5, 5.41) is 0. The van der Waals surface area contributed by atoms with Gasteiger partial charge in [0.05, 0.1) is 5.75 Å². The molecule has 0 aliphatic carbocycles. The fourth-order valence-corrected chi connectivity index (χ4v) is 1.33. The average Bonchev–Trinajstić information content (AvgIpc) is 1.82. The fraction of sp³-hybridized carbons (Fsp3) is 0.857. The highest BCUT2D eigenvalue weighted by Crippen LogP contribution is 2.21. The van der Waals surface area contributed by atoms with E-state index in [1.54, 1.807) is 13.8 Å². The third kappa shape index (κ3) is 4.46. The molecule has 0 aromatic heterocycles. The molecule has 0 radical (unpaired) electrons. The molecule has 0 rings (SSSR count). The van der Waals surface area contributed by atoms with Crippen LogP contribution in [0, 0.1) is 5.41 Å². The predicted molar refractivity (Wildman–Crippen MR) is 45.5 cm³/mol. The Morgan fingerprint density at radius 3 is 2.08 bits per heavy atom. The van der Waals surface area contributed by atoms with Crippen LogP contribution in [-0.4, -0.2) is 24.5 Å². The summed E-state index contributed by atoms with van der Waals surface area (Å²) in [4.78, 5) is 10.9. The molecule has 0 aliphatic heterocycles. The topological polar surface area (TPSA) is 71.4 Å². The van der Waals surface area contributed by atoms with Gasteiger partial charge in [-0.05, 0) is 13.3 Å². The predicted octanol–water partition coefficient (Wildman–Crippen LogP) is 0.879. The lowest BCUT2D eigenvalue weighted by Crippen LogP contribution is -2.24. The first kappa shape index (κ1) is 11.6. The smallest absolute Gasteiger partial charge is 0.264 e. The zero-order valence-electron chi connectivity index (χ0n) is 7.49. The molecule has 0 atom stereocenters. The molecule has 0 fully saturated rings. The highest BCUT2D eigenvalue weighted by Gasteiger charge is 2.25. The molecule has 0 aromatic rings. The van der Waals surface area contributed by atoms with Crippen molar-refractivity contribution in [3.05, 3.63) is 0 Å². The molecule has 0 spiro atoms. The van der Waals surface area contributed by atoms with Gasteiger partial charge in [-0.25, -0.2) is 0 Å². The number of hydrogen-bond acceptors (Lipinski definition) is 3. The van der Waals surface area contributed by atoms with Gasteiger partial charge in [-0.15, -0.1) is 0 Å². The number of hydrogen-bond donors (Lipinski definition) is 1. The van der Waals surface area contributed by atoms with E-state index in [0.717, 1.165) is 0 Å². The van der Waals surface area contributed by atoms with Crippen molar-refractivity contribution in [1.82, 2.24) is 0 Å². The van der Waals surface area contributed by atoms with Crippen LogP contribution < -0.4 is 0 Å². The number of carbonyl (C=O) groups excluding carboxylic acids is 1. The molecule has 0 amide bonds. The Labute approximate surface area is 72.7 Å². The Bertz CT molecular complexity index is 263. The van der Waals surface area contributed by atoms with Gasteiger partial charge in [0.25, 0.3) is 10.1 Å². The molecule has 0 aliphatic rings. The summed E-state index contributed by atoms with van der Waals surface area (Å²) < 4.78 is 29.1. The van der Waals surface area contributed by atoms with E-state index in [4.69, 9.17) is 4.55 Å². The van der Waals surface area contributed by atoms with E-state index in [9.17, 15) is 13.2 Å². The summed E-state index contributed by atoms with van der Waals surface area (Å²) in [6.45, 7) is 4.71.